The number of rotatable bonds is 2. The smallest absolute Gasteiger partial charge is 0.228 e. The van der Waals surface area contributed by atoms with E-state index in [1.165, 1.54) is 0 Å². The largest absolute Gasteiger partial charge is 0.369 e. The second-order valence-electron chi connectivity index (χ2n) is 3.05. The topological polar surface area (TPSA) is 58.9 Å². The molecule has 2 rings (SSSR count). The van der Waals surface area contributed by atoms with Gasteiger partial charge in [-0.15, -0.1) is 0 Å². The van der Waals surface area contributed by atoms with Crippen LogP contribution < -0.4 is 5.73 Å². The van der Waals surface area contributed by atoms with Crippen molar-refractivity contribution in [3.05, 3.63) is 24.0 Å². The van der Waals surface area contributed by atoms with E-state index >= 15 is 0 Å². The van der Waals surface area contributed by atoms with E-state index in [0.717, 1.165) is 18.4 Å². The maximum Gasteiger partial charge on any atom is 0.228 e. The number of primary amides is 1. The predicted molar refractivity (Wildman–Crippen MR) is 40.9 cm³/mol. The van der Waals surface area contributed by atoms with Crippen LogP contribution in [-0.4, -0.2) is 10.9 Å². The van der Waals surface area contributed by atoms with Crippen LogP contribution in [0.15, 0.2) is 18.5 Å². The summed E-state index contributed by atoms with van der Waals surface area (Å²) in [5.74, 6) is -0.197. The van der Waals surface area contributed by atoms with Crippen molar-refractivity contribution in [2.45, 2.75) is 18.3 Å². The van der Waals surface area contributed by atoms with E-state index in [0.29, 0.717) is 0 Å². The molecule has 1 fully saturated rings. The summed E-state index contributed by atoms with van der Waals surface area (Å²) in [7, 11) is 0. The molecule has 0 unspecified atom stereocenters. The SMILES string of the molecule is NC(=O)C1(c2cc[nH]c2)CC1. The monoisotopic (exact) mass is 150 g/mol. The minimum Gasteiger partial charge on any atom is -0.369 e. The molecule has 3 heteroatoms. The van der Waals surface area contributed by atoms with E-state index in [-0.39, 0.29) is 11.3 Å². The zero-order valence-corrected chi connectivity index (χ0v) is 6.13. The van der Waals surface area contributed by atoms with Gasteiger partial charge in [-0.05, 0) is 24.5 Å². The summed E-state index contributed by atoms with van der Waals surface area (Å²) in [6.07, 6.45) is 5.47. The quantitative estimate of drug-likeness (QED) is 0.634. The Balaban J connectivity index is 2.36. The van der Waals surface area contributed by atoms with Crippen molar-refractivity contribution in [1.82, 2.24) is 4.98 Å². The standard InChI is InChI=1S/C8H10N2O/c9-7(11)8(2-3-8)6-1-4-10-5-6/h1,4-5,10H,2-3H2,(H2,9,11). The van der Waals surface area contributed by atoms with Crippen molar-refractivity contribution in [1.29, 1.82) is 0 Å². The van der Waals surface area contributed by atoms with Crippen molar-refractivity contribution >= 4 is 5.91 Å². The van der Waals surface area contributed by atoms with Gasteiger partial charge in [0.25, 0.3) is 0 Å². The molecule has 1 aromatic rings. The molecule has 3 N–H and O–H groups in total. The zero-order chi connectivity index (χ0) is 7.90. The normalized spacial score (nSPS) is 19.6. The molecule has 0 aromatic carbocycles. The highest BCUT2D eigenvalue weighted by molar-refractivity contribution is 5.89. The first-order valence-electron chi connectivity index (χ1n) is 3.69. The Morgan fingerprint density at radius 1 is 1.64 bits per heavy atom. The molecule has 0 spiro atoms. The first kappa shape index (κ1) is 6.46. The molecule has 1 aromatic heterocycles. The minimum atomic E-state index is -0.319. The molecule has 11 heavy (non-hydrogen) atoms. The van der Waals surface area contributed by atoms with Gasteiger partial charge in [0.05, 0.1) is 5.41 Å². The Morgan fingerprint density at radius 3 is 2.73 bits per heavy atom. The van der Waals surface area contributed by atoms with E-state index in [2.05, 4.69) is 4.98 Å². The van der Waals surface area contributed by atoms with E-state index in [4.69, 9.17) is 5.73 Å². The summed E-state index contributed by atoms with van der Waals surface area (Å²) in [5.41, 5.74) is 5.98. The third-order valence-electron chi connectivity index (χ3n) is 2.37. The minimum absolute atomic E-state index is 0.197. The lowest BCUT2D eigenvalue weighted by Gasteiger charge is -2.06. The van der Waals surface area contributed by atoms with Crippen LogP contribution >= 0.6 is 0 Å². The Bertz CT molecular complexity index is 272. The Labute approximate surface area is 64.6 Å². The molecule has 1 aliphatic carbocycles. The fourth-order valence-corrected chi connectivity index (χ4v) is 1.42. The summed E-state index contributed by atoms with van der Waals surface area (Å²) in [6, 6.07) is 1.91. The molecular formula is C8H10N2O. The van der Waals surface area contributed by atoms with Crippen LogP contribution in [0.25, 0.3) is 0 Å². The van der Waals surface area contributed by atoms with Crippen LogP contribution in [0.5, 0.6) is 0 Å². The van der Waals surface area contributed by atoms with Gasteiger partial charge >= 0.3 is 0 Å². The van der Waals surface area contributed by atoms with Crippen molar-refractivity contribution < 1.29 is 4.79 Å². The lowest BCUT2D eigenvalue weighted by Crippen LogP contribution is -2.27. The van der Waals surface area contributed by atoms with Crippen molar-refractivity contribution in [2.75, 3.05) is 0 Å². The van der Waals surface area contributed by atoms with Gasteiger partial charge in [0.15, 0.2) is 0 Å². The van der Waals surface area contributed by atoms with Crippen LogP contribution in [-0.2, 0) is 10.2 Å². The van der Waals surface area contributed by atoms with Gasteiger partial charge in [0.2, 0.25) is 5.91 Å². The number of H-pyrrole nitrogens is 1. The Morgan fingerprint density at radius 2 is 2.36 bits per heavy atom. The van der Waals surface area contributed by atoms with Crippen LogP contribution in [0.2, 0.25) is 0 Å². The molecular weight excluding hydrogens is 140 g/mol. The summed E-state index contributed by atoms with van der Waals surface area (Å²) in [5, 5.41) is 0. The lowest BCUT2D eigenvalue weighted by atomic mass is 9.99. The number of hydrogen-bond donors (Lipinski definition) is 2. The molecule has 1 saturated carbocycles. The fourth-order valence-electron chi connectivity index (χ4n) is 1.42. The number of aromatic nitrogens is 1. The number of hydrogen-bond acceptors (Lipinski definition) is 1. The maximum atomic E-state index is 11.0. The molecule has 1 heterocycles. The summed E-state index contributed by atoms with van der Waals surface area (Å²) < 4.78 is 0. The molecule has 1 amide bonds. The third-order valence-corrected chi connectivity index (χ3v) is 2.37. The van der Waals surface area contributed by atoms with Gasteiger partial charge in [-0.2, -0.15) is 0 Å². The van der Waals surface area contributed by atoms with Gasteiger partial charge in [-0.25, -0.2) is 0 Å². The lowest BCUT2D eigenvalue weighted by molar-refractivity contribution is -0.120. The first-order chi connectivity index (χ1) is 5.26. The average molecular weight is 150 g/mol. The van der Waals surface area contributed by atoms with Gasteiger partial charge in [0, 0.05) is 12.4 Å². The van der Waals surface area contributed by atoms with E-state index in [9.17, 15) is 4.79 Å². The number of nitrogens with two attached hydrogens (primary N) is 1. The predicted octanol–water partition coefficient (Wildman–Crippen LogP) is 0.532. The van der Waals surface area contributed by atoms with Gasteiger partial charge in [0.1, 0.15) is 0 Å². The first-order valence-corrected chi connectivity index (χ1v) is 3.69. The van der Waals surface area contributed by atoms with Crippen molar-refractivity contribution in [3.8, 4) is 0 Å². The summed E-state index contributed by atoms with van der Waals surface area (Å²) >= 11 is 0. The van der Waals surface area contributed by atoms with E-state index < -0.39 is 0 Å². The number of carbonyl (C=O) groups excluding carboxylic acids is 1. The maximum absolute atomic E-state index is 11.0. The van der Waals surface area contributed by atoms with Gasteiger partial charge in [-0.1, -0.05) is 0 Å². The van der Waals surface area contributed by atoms with Crippen LogP contribution in [0.3, 0.4) is 0 Å². The zero-order valence-electron chi connectivity index (χ0n) is 6.13. The number of carbonyl (C=O) groups is 1. The number of aromatic amines is 1. The van der Waals surface area contributed by atoms with Crippen LogP contribution in [0, 0.1) is 0 Å². The highest BCUT2D eigenvalue weighted by Gasteiger charge is 2.50. The second kappa shape index (κ2) is 1.87. The van der Waals surface area contributed by atoms with Crippen molar-refractivity contribution in [2.24, 2.45) is 5.73 Å². The molecule has 1 aliphatic rings. The molecule has 0 radical (unpaired) electrons. The molecule has 0 saturated heterocycles. The van der Waals surface area contributed by atoms with Gasteiger partial charge < -0.3 is 10.7 Å². The molecule has 0 bridgehead atoms. The fraction of sp³-hybridized carbons (Fsp3) is 0.375. The van der Waals surface area contributed by atoms with E-state index in [1.54, 1.807) is 0 Å². The Hall–Kier alpha value is -1.25. The molecule has 58 valence electrons. The second-order valence-corrected chi connectivity index (χ2v) is 3.05. The molecule has 3 nitrogen and oxygen atoms in total. The van der Waals surface area contributed by atoms with Crippen LogP contribution in [0.1, 0.15) is 18.4 Å². The van der Waals surface area contributed by atoms with Crippen LogP contribution in [0.4, 0.5) is 0 Å². The van der Waals surface area contributed by atoms with E-state index in [1.807, 2.05) is 18.5 Å². The average Bonchev–Trinajstić information content (AvgIpc) is 2.61. The number of nitrogens with one attached hydrogen (secondary N) is 1. The summed E-state index contributed by atoms with van der Waals surface area (Å²) in [6.45, 7) is 0. The third kappa shape index (κ3) is 0.770. The highest BCUT2D eigenvalue weighted by Crippen LogP contribution is 2.47. The molecule has 0 atom stereocenters. The van der Waals surface area contributed by atoms with Crippen molar-refractivity contribution in [3.63, 3.8) is 0 Å². The summed E-state index contributed by atoms with van der Waals surface area (Å²) in [4.78, 5) is 13.9. The molecule has 0 aliphatic heterocycles. The highest BCUT2D eigenvalue weighted by atomic mass is 16.1. The number of amides is 1. The Kier molecular flexibility index (Phi) is 1.10. The van der Waals surface area contributed by atoms with Gasteiger partial charge in [-0.3, -0.25) is 4.79 Å².